The van der Waals surface area contributed by atoms with Crippen molar-refractivity contribution in [1.82, 2.24) is 20.0 Å². The van der Waals surface area contributed by atoms with Crippen molar-refractivity contribution >= 4 is 5.91 Å². The fraction of sp³-hybridized carbons (Fsp3) is 0.500. The molecule has 0 spiro atoms. The molecule has 7 nitrogen and oxygen atoms in total. The summed E-state index contributed by atoms with van der Waals surface area (Å²) in [4.78, 5) is 15.0. The van der Waals surface area contributed by atoms with Crippen LogP contribution in [0, 0.1) is 5.92 Å². The number of nitrogens with zero attached hydrogens (tertiary/aromatic N) is 3. The zero-order chi connectivity index (χ0) is 19.2. The average molecular weight is 372 g/mol. The number of piperidine rings is 1. The molecule has 0 radical (unpaired) electrons. The molecule has 1 aromatic heterocycles. The van der Waals surface area contributed by atoms with E-state index in [-0.39, 0.29) is 5.91 Å². The minimum absolute atomic E-state index is 0.100. The van der Waals surface area contributed by atoms with E-state index in [1.165, 1.54) is 5.56 Å². The van der Waals surface area contributed by atoms with Crippen molar-refractivity contribution in [2.75, 3.05) is 33.9 Å². The maximum atomic E-state index is 12.6. The Morgan fingerprint density at radius 3 is 2.63 bits per heavy atom. The summed E-state index contributed by atoms with van der Waals surface area (Å²) in [5.41, 5.74) is 1.78. The number of hydrogen-bond donors (Lipinski definition) is 1. The Labute approximate surface area is 160 Å². The van der Waals surface area contributed by atoms with Crippen LogP contribution in [0.1, 0.15) is 28.8 Å². The van der Waals surface area contributed by atoms with Gasteiger partial charge in [-0.05, 0) is 37.4 Å². The van der Waals surface area contributed by atoms with Crippen LogP contribution in [0.3, 0.4) is 0 Å². The number of carbonyl (C=O) groups is 1. The summed E-state index contributed by atoms with van der Waals surface area (Å²) in [5, 5.41) is 7.30. The molecule has 0 bridgehead atoms. The van der Waals surface area contributed by atoms with Gasteiger partial charge in [-0.2, -0.15) is 5.10 Å². The number of amides is 1. The van der Waals surface area contributed by atoms with Gasteiger partial charge in [0.2, 0.25) is 0 Å². The van der Waals surface area contributed by atoms with Crippen LogP contribution in [0.15, 0.2) is 30.6 Å². The molecule has 1 fully saturated rings. The third-order valence-electron chi connectivity index (χ3n) is 4.93. The Morgan fingerprint density at radius 2 is 2.00 bits per heavy atom. The summed E-state index contributed by atoms with van der Waals surface area (Å²) < 4.78 is 12.3. The van der Waals surface area contributed by atoms with Crippen LogP contribution in [0.25, 0.3) is 0 Å². The fourth-order valence-corrected chi connectivity index (χ4v) is 3.55. The van der Waals surface area contributed by atoms with E-state index in [2.05, 4.69) is 21.5 Å². The fourth-order valence-electron chi connectivity index (χ4n) is 3.55. The van der Waals surface area contributed by atoms with E-state index in [1.54, 1.807) is 32.4 Å². The second-order valence-corrected chi connectivity index (χ2v) is 7.08. The zero-order valence-corrected chi connectivity index (χ0v) is 16.3. The van der Waals surface area contributed by atoms with E-state index in [9.17, 15) is 4.79 Å². The van der Waals surface area contributed by atoms with Gasteiger partial charge in [0.1, 0.15) is 11.5 Å². The highest BCUT2D eigenvalue weighted by atomic mass is 16.5. The Kier molecular flexibility index (Phi) is 6.34. The van der Waals surface area contributed by atoms with E-state index >= 15 is 0 Å². The Hall–Kier alpha value is -2.54. The lowest BCUT2D eigenvalue weighted by Gasteiger charge is -2.32. The zero-order valence-electron chi connectivity index (χ0n) is 16.3. The topological polar surface area (TPSA) is 68.6 Å². The number of likely N-dealkylation sites (tertiary alicyclic amines) is 1. The molecule has 27 heavy (non-hydrogen) atoms. The molecular formula is C20H28N4O3. The van der Waals surface area contributed by atoms with Gasteiger partial charge in [-0.1, -0.05) is 0 Å². The molecule has 1 saturated heterocycles. The maximum Gasteiger partial charge on any atom is 0.251 e. The lowest BCUT2D eigenvalue weighted by atomic mass is 9.97. The number of carbonyl (C=O) groups excluding carboxylic acids is 1. The van der Waals surface area contributed by atoms with Crippen molar-refractivity contribution in [3.63, 3.8) is 0 Å². The molecule has 1 aliphatic heterocycles. The van der Waals surface area contributed by atoms with Gasteiger partial charge in [-0.3, -0.25) is 14.4 Å². The molecule has 1 atom stereocenters. The third-order valence-corrected chi connectivity index (χ3v) is 4.93. The summed E-state index contributed by atoms with van der Waals surface area (Å²) in [7, 11) is 5.09. The van der Waals surface area contributed by atoms with E-state index in [0.29, 0.717) is 29.5 Å². The highest BCUT2D eigenvalue weighted by Crippen LogP contribution is 2.23. The van der Waals surface area contributed by atoms with Gasteiger partial charge >= 0.3 is 0 Å². The van der Waals surface area contributed by atoms with Gasteiger partial charge in [0, 0.05) is 50.1 Å². The Bertz CT molecular complexity index is 752. The lowest BCUT2D eigenvalue weighted by Crippen LogP contribution is -2.40. The van der Waals surface area contributed by atoms with Crippen molar-refractivity contribution in [3.05, 3.63) is 41.7 Å². The lowest BCUT2D eigenvalue weighted by molar-refractivity contribution is 0.0930. The molecular weight excluding hydrogens is 344 g/mol. The maximum absolute atomic E-state index is 12.6. The standard InChI is InChI=1S/C20H28N4O3/c1-23-12-16(11-22-23)14-24-6-4-5-15(13-24)10-21-20(25)17-7-18(26-2)9-19(8-17)27-3/h7-9,11-12,15H,4-6,10,13-14H2,1-3H3,(H,21,25). The molecule has 1 N–H and O–H groups in total. The van der Waals surface area contributed by atoms with Crippen LogP contribution in [0.4, 0.5) is 0 Å². The minimum Gasteiger partial charge on any atom is -0.497 e. The Morgan fingerprint density at radius 1 is 1.26 bits per heavy atom. The van der Waals surface area contributed by atoms with Crippen molar-refractivity contribution in [2.45, 2.75) is 19.4 Å². The van der Waals surface area contributed by atoms with Crippen LogP contribution in [-0.4, -0.2) is 54.4 Å². The van der Waals surface area contributed by atoms with Crippen molar-refractivity contribution in [1.29, 1.82) is 0 Å². The number of aryl methyl sites for hydroxylation is 1. The second-order valence-electron chi connectivity index (χ2n) is 7.08. The number of rotatable bonds is 7. The molecule has 1 aliphatic rings. The van der Waals surface area contributed by atoms with Gasteiger partial charge in [-0.15, -0.1) is 0 Å². The number of ether oxygens (including phenoxy) is 2. The van der Waals surface area contributed by atoms with Crippen LogP contribution in [0.2, 0.25) is 0 Å². The first-order valence-corrected chi connectivity index (χ1v) is 9.28. The SMILES string of the molecule is COc1cc(OC)cc(C(=O)NCC2CCCN(Cc3cnn(C)c3)C2)c1. The normalized spacial score (nSPS) is 17.5. The summed E-state index contributed by atoms with van der Waals surface area (Å²) in [6.07, 6.45) is 6.25. The first kappa shape index (κ1) is 19.2. The van der Waals surface area contributed by atoms with Gasteiger partial charge in [0.25, 0.3) is 5.91 Å². The smallest absolute Gasteiger partial charge is 0.251 e. The molecule has 7 heteroatoms. The van der Waals surface area contributed by atoms with Crippen molar-refractivity contribution in [2.24, 2.45) is 13.0 Å². The van der Waals surface area contributed by atoms with Crippen LogP contribution >= 0.6 is 0 Å². The summed E-state index contributed by atoms with van der Waals surface area (Å²) in [6.45, 7) is 3.65. The molecule has 1 unspecified atom stereocenters. The molecule has 0 aliphatic carbocycles. The number of hydrogen-bond acceptors (Lipinski definition) is 5. The van der Waals surface area contributed by atoms with Crippen molar-refractivity contribution in [3.8, 4) is 11.5 Å². The van der Waals surface area contributed by atoms with Crippen LogP contribution in [0.5, 0.6) is 11.5 Å². The summed E-state index contributed by atoms with van der Waals surface area (Å²) in [6, 6.07) is 5.22. The first-order valence-electron chi connectivity index (χ1n) is 9.28. The van der Waals surface area contributed by atoms with Gasteiger partial charge < -0.3 is 14.8 Å². The number of methoxy groups -OCH3 is 2. The minimum atomic E-state index is -0.100. The largest absolute Gasteiger partial charge is 0.497 e. The summed E-state index contributed by atoms with van der Waals surface area (Å²) in [5.74, 6) is 1.57. The third kappa shape index (κ3) is 5.23. The van der Waals surface area contributed by atoms with Gasteiger partial charge in [-0.25, -0.2) is 0 Å². The van der Waals surface area contributed by atoms with Gasteiger partial charge in [0.05, 0.1) is 20.4 Å². The molecule has 1 aromatic carbocycles. The molecule has 2 heterocycles. The van der Waals surface area contributed by atoms with Crippen LogP contribution in [-0.2, 0) is 13.6 Å². The highest BCUT2D eigenvalue weighted by molar-refractivity contribution is 5.95. The quantitative estimate of drug-likeness (QED) is 0.806. The second kappa shape index (κ2) is 8.90. The van der Waals surface area contributed by atoms with E-state index < -0.39 is 0 Å². The van der Waals surface area contributed by atoms with E-state index in [0.717, 1.165) is 32.5 Å². The summed E-state index contributed by atoms with van der Waals surface area (Å²) >= 11 is 0. The number of aromatic nitrogens is 2. The molecule has 0 saturated carbocycles. The van der Waals surface area contributed by atoms with Crippen molar-refractivity contribution < 1.29 is 14.3 Å². The molecule has 146 valence electrons. The van der Waals surface area contributed by atoms with Crippen LogP contribution < -0.4 is 14.8 Å². The van der Waals surface area contributed by atoms with Gasteiger partial charge in [0.15, 0.2) is 0 Å². The molecule has 2 aromatic rings. The molecule has 3 rings (SSSR count). The van der Waals surface area contributed by atoms with E-state index in [1.807, 2.05) is 17.9 Å². The molecule has 1 amide bonds. The number of nitrogens with one attached hydrogen (secondary N) is 1. The predicted octanol–water partition coefficient (Wildman–Crippen LogP) is 2.08. The highest BCUT2D eigenvalue weighted by Gasteiger charge is 2.21. The average Bonchev–Trinajstić information content (AvgIpc) is 3.10. The monoisotopic (exact) mass is 372 g/mol. The first-order chi connectivity index (χ1) is 13.1. The van der Waals surface area contributed by atoms with E-state index in [4.69, 9.17) is 9.47 Å². The number of benzene rings is 1. The Balaban J connectivity index is 1.53. The predicted molar refractivity (Wildman–Crippen MR) is 103 cm³/mol.